The number of hydrogen-bond donors (Lipinski definition) is 1. The first-order valence-corrected chi connectivity index (χ1v) is 5.61. The Morgan fingerprint density at radius 1 is 1.43 bits per heavy atom. The van der Waals surface area contributed by atoms with E-state index in [0.717, 1.165) is 19.0 Å². The summed E-state index contributed by atoms with van der Waals surface area (Å²) >= 11 is 0. The van der Waals surface area contributed by atoms with Gasteiger partial charge < -0.3 is 10.6 Å². The van der Waals surface area contributed by atoms with Crippen molar-refractivity contribution in [1.29, 1.82) is 0 Å². The van der Waals surface area contributed by atoms with E-state index in [1.807, 2.05) is 0 Å². The van der Waals surface area contributed by atoms with Crippen molar-refractivity contribution in [2.45, 2.75) is 45.6 Å². The predicted molar refractivity (Wildman–Crippen MR) is 59.2 cm³/mol. The van der Waals surface area contributed by atoms with Crippen LogP contribution in [0.5, 0.6) is 0 Å². The largest absolute Gasteiger partial charge is 0.370 e. The smallest absolute Gasteiger partial charge is 0.191 e. The summed E-state index contributed by atoms with van der Waals surface area (Å²) in [7, 11) is 0. The van der Waals surface area contributed by atoms with Crippen molar-refractivity contribution in [3.05, 3.63) is 0 Å². The molecule has 1 heterocycles. The summed E-state index contributed by atoms with van der Waals surface area (Å²) in [4.78, 5) is 6.76. The van der Waals surface area contributed by atoms with Crippen LogP contribution in [0, 0.1) is 5.41 Å². The summed E-state index contributed by atoms with van der Waals surface area (Å²) in [6.45, 7) is 8.77. The van der Waals surface area contributed by atoms with Crippen LogP contribution in [0.3, 0.4) is 0 Å². The van der Waals surface area contributed by atoms with Crippen molar-refractivity contribution in [1.82, 2.24) is 4.90 Å². The molecule has 0 aromatic rings. The van der Waals surface area contributed by atoms with Crippen LogP contribution in [0.1, 0.15) is 40.0 Å². The molecule has 2 N–H and O–H groups in total. The maximum absolute atomic E-state index is 5.94. The summed E-state index contributed by atoms with van der Waals surface area (Å²) in [5, 5.41) is 0. The van der Waals surface area contributed by atoms with E-state index in [2.05, 4.69) is 30.7 Å². The average molecular weight is 195 g/mol. The van der Waals surface area contributed by atoms with E-state index in [0.29, 0.717) is 5.41 Å². The molecule has 2 rings (SSSR count). The molecular weight excluding hydrogens is 174 g/mol. The molecule has 0 saturated heterocycles. The molecule has 0 aromatic heterocycles. The maximum Gasteiger partial charge on any atom is 0.191 e. The molecule has 1 unspecified atom stereocenters. The zero-order valence-electron chi connectivity index (χ0n) is 9.51. The van der Waals surface area contributed by atoms with Crippen molar-refractivity contribution < 1.29 is 0 Å². The van der Waals surface area contributed by atoms with Crippen LogP contribution in [-0.2, 0) is 0 Å². The number of hydrogen-bond acceptors (Lipinski definition) is 3. The minimum Gasteiger partial charge on any atom is -0.370 e. The van der Waals surface area contributed by atoms with E-state index in [1.165, 1.54) is 19.3 Å². The highest BCUT2D eigenvalue weighted by Crippen LogP contribution is 2.51. The summed E-state index contributed by atoms with van der Waals surface area (Å²) < 4.78 is 0. The molecular formula is C11H21N3. The van der Waals surface area contributed by atoms with Crippen LogP contribution in [0.2, 0.25) is 0 Å². The van der Waals surface area contributed by atoms with Gasteiger partial charge in [0.2, 0.25) is 0 Å². The normalized spacial score (nSPS) is 35.4. The molecule has 0 aromatic carbocycles. The highest BCUT2D eigenvalue weighted by molar-refractivity contribution is 5.81. The van der Waals surface area contributed by atoms with Gasteiger partial charge in [0.05, 0.1) is 12.1 Å². The first-order chi connectivity index (χ1) is 6.53. The summed E-state index contributed by atoms with van der Waals surface area (Å²) in [6.07, 6.45) is 3.86. The predicted octanol–water partition coefficient (Wildman–Crippen LogP) is 1.59. The molecule has 80 valence electrons. The van der Waals surface area contributed by atoms with Gasteiger partial charge in [0.15, 0.2) is 5.96 Å². The standard InChI is InChI=1S/C11H21N3/c1-4-14-9(12)13-8-11(14)7-5-6-10(11,2)3/h4-8H2,1-3H3,(H2,12,13). The number of aliphatic imine (C=N–C) groups is 1. The van der Waals surface area contributed by atoms with E-state index in [4.69, 9.17) is 5.73 Å². The molecule has 1 fully saturated rings. The van der Waals surface area contributed by atoms with Crippen molar-refractivity contribution in [2.75, 3.05) is 13.1 Å². The molecule has 3 nitrogen and oxygen atoms in total. The molecule has 1 saturated carbocycles. The number of guanidine groups is 1. The Morgan fingerprint density at radius 2 is 2.14 bits per heavy atom. The Bertz CT molecular complexity index is 270. The second-order valence-corrected chi connectivity index (χ2v) is 5.19. The number of nitrogens with zero attached hydrogens (tertiary/aromatic N) is 2. The van der Waals surface area contributed by atoms with Crippen molar-refractivity contribution in [3.63, 3.8) is 0 Å². The van der Waals surface area contributed by atoms with Crippen LogP contribution in [0.4, 0.5) is 0 Å². The quantitative estimate of drug-likeness (QED) is 0.690. The minimum atomic E-state index is 0.228. The summed E-state index contributed by atoms with van der Waals surface area (Å²) in [5.41, 5.74) is 6.52. The van der Waals surface area contributed by atoms with Gasteiger partial charge in [-0.3, -0.25) is 4.99 Å². The summed E-state index contributed by atoms with van der Waals surface area (Å²) in [6, 6.07) is 0. The van der Waals surface area contributed by atoms with Gasteiger partial charge in [-0.05, 0) is 25.2 Å². The van der Waals surface area contributed by atoms with E-state index < -0.39 is 0 Å². The first kappa shape index (κ1) is 9.81. The zero-order chi connectivity index (χ0) is 10.4. The topological polar surface area (TPSA) is 41.6 Å². The molecule has 1 atom stereocenters. The van der Waals surface area contributed by atoms with Gasteiger partial charge in [0.1, 0.15) is 0 Å². The Hall–Kier alpha value is -0.730. The van der Waals surface area contributed by atoms with Gasteiger partial charge >= 0.3 is 0 Å². The first-order valence-electron chi connectivity index (χ1n) is 5.61. The SMILES string of the molecule is CCN1C(N)=NCC12CCCC2(C)C. The molecule has 0 radical (unpaired) electrons. The Balaban J connectivity index is 2.33. The van der Waals surface area contributed by atoms with Crippen LogP contribution in [-0.4, -0.2) is 29.5 Å². The summed E-state index contributed by atoms with van der Waals surface area (Å²) in [5.74, 6) is 0.752. The molecule has 3 heteroatoms. The Labute approximate surface area is 86.4 Å². The lowest BCUT2D eigenvalue weighted by Crippen LogP contribution is -2.57. The molecule has 0 amide bonds. The number of likely N-dealkylation sites (N-methyl/N-ethyl adjacent to an activating group) is 1. The number of rotatable bonds is 1. The van der Waals surface area contributed by atoms with Gasteiger partial charge in [-0.25, -0.2) is 0 Å². The van der Waals surface area contributed by atoms with Crippen LogP contribution < -0.4 is 5.73 Å². The van der Waals surface area contributed by atoms with E-state index in [1.54, 1.807) is 0 Å². The third kappa shape index (κ3) is 1.01. The fraction of sp³-hybridized carbons (Fsp3) is 0.909. The van der Waals surface area contributed by atoms with Crippen LogP contribution >= 0.6 is 0 Å². The fourth-order valence-corrected chi connectivity index (χ4v) is 3.25. The van der Waals surface area contributed by atoms with Crippen molar-refractivity contribution >= 4 is 5.96 Å². The van der Waals surface area contributed by atoms with Gasteiger partial charge in [0.25, 0.3) is 0 Å². The maximum atomic E-state index is 5.94. The van der Waals surface area contributed by atoms with E-state index >= 15 is 0 Å². The lowest BCUT2D eigenvalue weighted by atomic mass is 9.74. The second-order valence-electron chi connectivity index (χ2n) is 5.19. The molecule has 1 spiro atoms. The van der Waals surface area contributed by atoms with Gasteiger partial charge in [-0.2, -0.15) is 0 Å². The Morgan fingerprint density at radius 3 is 2.64 bits per heavy atom. The monoisotopic (exact) mass is 195 g/mol. The molecule has 14 heavy (non-hydrogen) atoms. The molecule has 2 aliphatic rings. The average Bonchev–Trinajstić information content (AvgIpc) is 2.57. The lowest BCUT2D eigenvalue weighted by molar-refractivity contribution is 0.0875. The van der Waals surface area contributed by atoms with Crippen LogP contribution in [0.15, 0.2) is 4.99 Å². The molecule has 1 aliphatic carbocycles. The number of nitrogens with two attached hydrogens (primary N) is 1. The second kappa shape index (κ2) is 2.88. The lowest BCUT2D eigenvalue weighted by Gasteiger charge is -2.45. The fourth-order valence-electron chi connectivity index (χ4n) is 3.25. The van der Waals surface area contributed by atoms with Gasteiger partial charge in [0, 0.05) is 6.54 Å². The zero-order valence-corrected chi connectivity index (χ0v) is 9.51. The molecule has 0 bridgehead atoms. The highest BCUT2D eigenvalue weighted by Gasteiger charge is 2.54. The third-order valence-corrected chi connectivity index (χ3v) is 4.26. The van der Waals surface area contributed by atoms with E-state index in [-0.39, 0.29) is 5.54 Å². The Kier molecular flexibility index (Phi) is 2.02. The van der Waals surface area contributed by atoms with Gasteiger partial charge in [-0.1, -0.05) is 20.3 Å². The van der Waals surface area contributed by atoms with Gasteiger partial charge in [-0.15, -0.1) is 0 Å². The minimum absolute atomic E-state index is 0.228. The van der Waals surface area contributed by atoms with E-state index in [9.17, 15) is 0 Å². The van der Waals surface area contributed by atoms with Crippen molar-refractivity contribution in [3.8, 4) is 0 Å². The highest BCUT2D eigenvalue weighted by atomic mass is 15.4. The third-order valence-electron chi connectivity index (χ3n) is 4.26. The van der Waals surface area contributed by atoms with Crippen LogP contribution in [0.25, 0.3) is 0 Å². The van der Waals surface area contributed by atoms with Crippen molar-refractivity contribution in [2.24, 2.45) is 16.1 Å². The molecule has 1 aliphatic heterocycles.